The van der Waals surface area contributed by atoms with Crippen LogP contribution in [0.25, 0.3) is 23.1 Å². The van der Waals surface area contributed by atoms with Crippen molar-refractivity contribution in [2.75, 3.05) is 56.5 Å². The molecule has 4 aromatic rings. The van der Waals surface area contributed by atoms with Gasteiger partial charge < -0.3 is 15.1 Å². The predicted molar refractivity (Wildman–Crippen MR) is 171 cm³/mol. The van der Waals surface area contributed by atoms with E-state index in [0.717, 1.165) is 72.8 Å². The topological polar surface area (TPSA) is 51.7 Å². The molecule has 9 heteroatoms. The van der Waals surface area contributed by atoms with Crippen LogP contribution in [0.4, 0.5) is 24.5 Å². The van der Waals surface area contributed by atoms with E-state index >= 15 is 0 Å². The Morgan fingerprint density at radius 3 is 2.45 bits per heavy atom. The lowest BCUT2D eigenvalue weighted by Gasteiger charge is -2.33. The van der Waals surface area contributed by atoms with E-state index in [0.29, 0.717) is 18.7 Å². The van der Waals surface area contributed by atoms with Gasteiger partial charge in [0.05, 0.1) is 16.8 Å². The van der Waals surface area contributed by atoms with Gasteiger partial charge in [-0.05, 0) is 61.3 Å². The molecule has 0 radical (unpaired) electrons. The first kappa shape index (κ1) is 29.8. The molecule has 1 amide bonds. The molecule has 0 spiro atoms. The SMILES string of the molecule is CN1CCN(Cc2ccc(NC(=O)c3cccc(/C=C/c4cnc5ccccc5c4N4CCCC4)c3)cc2C(F)(F)F)CC1. The molecule has 0 unspecified atom stereocenters. The number of benzene rings is 3. The quantitative estimate of drug-likeness (QED) is 0.247. The van der Waals surface area contributed by atoms with Crippen LogP contribution in [0.5, 0.6) is 0 Å². The molecule has 6 rings (SSSR count). The first-order chi connectivity index (χ1) is 21.2. The smallest absolute Gasteiger partial charge is 0.370 e. The van der Waals surface area contributed by atoms with Crippen molar-refractivity contribution in [1.29, 1.82) is 0 Å². The van der Waals surface area contributed by atoms with Gasteiger partial charge in [0.15, 0.2) is 0 Å². The Kier molecular flexibility index (Phi) is 8.68. The third-order valence-corrected chi connectivity index (χ3v) is 8.46. The monoisotopic (exact) mass is 599 g/mol. The Hall–Kier alpha value is -4.21. The van der Waals surface area contributed by atoms with Crippen LogP contribution in [-0.4, -0.2) is 67.0 Å². The fraction of sp³-hybridized carbons (Fsp3) is 0.314. The fourth-order valence-corrected chi connectivity index (χ4v) is 6.03. The molecule has 44 heavy (non-hydrogen) atoms. The second-order valence-corrected chi connectivity index (χ2v) is 11.6. The van der Waals surface area contributed by atoms with Crippen molar-refractivity contribution in [1.82, 2.24) is 14.8 Å². The average molecular weight is 600 g/mol. The number of pyridine rings is 1. The molecule has 0 bridgehead atoms. The summed E-state index contributed by atoms with van der Waals surface area (Å²) in [7, 11) is 2.01. The molecule has 1 N–H and O–H groups in total. The van der Waals surface area contributed by atoms with Gasteiger partial charge >= 0.3 is 6.18 Å². The summed E-state index contributed by atoms with van der Waals surface area (Å²) in [5, 5.41) is 3.78. The van der Waals surface area contributed by atoms with Gasteiger partial charge in [0.2, 0.25) is 0 Å². The third kappa shape index (κ3) is 6.79. The highest BCUT2D eigenvalue weighted by molar-refractivity contribution is 6.05. The Morgan fingerprint density at radius 1 is 0.909 bits per heavy atom. The molecular formula is C35H36F3N5O. The number of para-hydroxylation sites is 1. The van der Waals surface area contributed by atoms with E-state index in [9.17, 15) is 18.0 Å². The van der Waals surface area contributed by atoms with E-state index in [1.165, 1.54) is 6.07 Å². The number of likely N-dealkylation sites (N-methyl/N-ethyl adjacent to an activating group) is 1. The van der Waals surface area contributed by atoms with Crippen molar-refractivity contribution >= 4 is 40.3 Å². The maximum Gasteiger partial charge on any atom is 0.416 e. The highest BCUT2D eigenvalue weighted by atomic mass is 19.4. The summed E-state index contributed by atoms with van der Waals surface area (Å²) in [5.74, 6) is -0.467. The van der Waals surface area contributed by atoms with Crippen LogP contribution in [0.3, 0.4) is 0 Å². The van der Waals surface area contributed by atoms with Crippen molar-refractivity contribution in [2.24, 2.45) is 0 Å². The second-order valence-electron chi connectivity index (χ2n) is 11.6. The molecule has 0 atom stereocenters. The lowest BCUT2D eigenvalue weighted by molar-refractivity contribution is -0.138. The first-order valence-corrected chi connectivity index (χ1v) is 15.1. The molecule has 1 aromatic heterocycles. The number of nitrogens with zero attached hydrogens (tertiary/aromatic N) is 4. The minimum Gasteiger partial charge on any atom is -0.370 e. The van der Waals surface area contributed by atoms with Crippen LogP contribution in [0.2, 0.25) is 0 Å². The number of amides is 1. The summed E-state index contributed by atoms with van der Waals surface area (Å²) in [6.07, 6.45) is 3.62. The second kappa shape index (κ2) is 12.8. The Bertz CT molecular complexity index is 1670. The number of hydrogen-bond donors (Lipinski definition) is 1. The largest absolute Gasteiger partial charge is 0.416 e. The van der Waals surface area contributed by atoms with Crippen LogP contribution < -0.4 is 10.2 Å². The van der Waals surface area contributed by atoms with Crippen LogP contribution in [0.15, 0.2) is 72.9 Å². The molecule has 2 fully saturated rings. The molecule has 2 aliphatic heterocycles. The van der Waals surface area contributed by atoms with Crippen molar-refractivity contribution < 1.29 is 18.0 Å². The maximum atomic E-state index is 14.0. The van der Waals surface area contributed by atoms with Crippen molar-refractivity contribution in [3.63, 3.8) is 0 Å². The highest BCUT2D eigenvalue weighted by Gasteiger charge is 2.34. The summed E-state index contributed by atoms with van der Waals surface area (Å²) in [5.41, 5.74) is 3.88. The molecule has 228 valence electrons. The van der Waals surface area contributed by atoms with E-state index in [1.807, 2.05) is 54.6 Å². The van der Waals surface area contributed by atoms with Crippen LogP contribution in [-0.2, 0) is 12.7 Å². The molecule has 6 nitrogen and oxygen atoms in total. The molecule has 3 aromatic carbocycles. The number of carbonyl (C=O) groups is 1. The van der Waals surface area contributed by atoms with Gasteiger partial charge in [-0.2, -0.15) is 13.2 Å². The van der Waals surface area contributed by atoms with Crippen LogP contribution in [0, 0.1) is 0 Å². The standard InChI is InChI=1S/C35H36F3N5O/c1-41-17-19-42(20-18-41)24-28-13-14-29(22-31(28)35(36,37)38)40-34(44)26-8-6-7-25(21-26)11-12-27-23-39-32-10-3-2-9-30(32)33(27)43-15-4-5-16-43/h2-3,6-14,21-23H,4-5,15-20,24H2,1H3,(H,40,44)/b12-11+. The fourth-order valence-electron chi connectivity index (χ4n) is 6.03. The van der Waals surface area contributed by atoms with Gasteiger partial charge in [-0.25, -0.2) is 0 Å². The number of fused-ring (bicyclic) bond motifs is 1. The summed E-state index contributed by atoms with van der Waals surface area (Å²) in [4.78, 5) is 24.4. The number of rotatable bonds is 7. The number of aromatic nitrogens is 1. The van der Waals surface area contributed by atoms with Crippen molar-refractivity contribution in [3.8, 4) is 0 Å². The Balaban J connectivity index is 1.20. The summed E-state index contributed by atoms with van der Waals surface area (Å²) < 4.78 is 42.1. The molecule has 3 heterocycles. The number of piperazine rings is 1. The van der Waals surface area contributed by atoms with E-state index in [-0.39, 0.29) is 17.8 Å². The molecular weight excluding hydrogens is 563 g/mol. The summed E-state index contributed by atoms with van der Waals surface area (Å²) in [6, 6.07) is 19.3. The van der Waals surface area contributed by atoms with E-state index in [2.05, 4.69) is 26.2 Å². The predicted octanol–water partition coefficient (Wildman–Crippen LogP) is 7.02. The molecule has 2 saturated heterocycles. The minimum absolute atomic E-state index is 0.114. The van der Waals surface area contributed by atoms with Gasteiger partial charge in [0.25, 0.3) is 5.91 Å². The number of carbonyl (C=O) groups excluding carboxylic acids is 1. The number of hydrogen-bond acceptors (Lipinski definition) is 5. The Morgan fingerprint density at radius 2 is 1.68 bits per heavy atom. The highest BCUT2D eigenvalue weighted by Crippen LogP contribution is 2.35. The van der Waals surface area contributed by atoms with Crippen molar-refractivity contribution in [2.45, 2.75) is 25.6 Å². The van der Waals surface area contributed by atoms with E-state index < -0.39 is 17.6 Å². The number of anilines is 2. The number of alkyl halides is 3. The van der Waals surface area contributed by atoms with Gasteiger partial charge in [-0.3, -0.25) is 14.7 Å². The average Bonchev–Trinajstić information content (AvgIpc) is 3.56. The van der Waals surface area contributed by atoms with Gasteiger partial charge in [-0.15, -0.1) is 0 Å². The van der Waals surface area contributed by atoms with Crippen LogP contribution in [0.1, 0.15) is 45.5 Å². The van der Waals surface area contributed by atoms with E-state index in [1.54, 1.807) is 24.3 Å². The van der Waals surface area contributed by atoms with Crippen molar-refractivity contribution in [3.05, 3.63) is 101 Å². The zero-order valence-electron chi connectivity index (χ0n) is 24.8. The summed E-state index contributed by atoms with van der Waals surface area (Å²) >= 11 is 0. The van der Waals surface area contributed by atoms with Gasteiger partial charge in [-0.1, -0.05) is 48.6 Å². The Labute approximate surface area is 255 Å². The lowest BCUT2D eigenvalue weighted by atomic mass is 10.0. The maximum absolute atomic E-state index is 14.0. The minimum atomic E-state index is -4.53. The van der Waals surface area contributed by atoms with E-state index in [4.69, 9.17) is 0 Å². The third-order valence-electron chi connectivity index (χ3n) is 8.46. The molecule has 2 aliphatic rings. The number of halogens is 3. The first-order valence-electron chi connectivity index (χ1n) is 15.1. The molecule has 0 saturated carbocycles. The normalized spacial score (nSPS) is 16.7. The van der Waals surface area contributed by atoms with Gasteiger partial charge in [0.1, 0.15) is 0 Å². The molecule has 0 aliphatic carbocycles. The zero-order valence-corrected chi connectivity index (χ0v) is 24.8. The number of nitrogens with one attached hydrogen (secondary N) is 1. The summed E-state index contributed by atoms with van der Waals surface area (Å²) in [6.45, 7) is 5.29. The van der Waals surface area contributed by atoms with Gasteiger partial charge in [0, 0.05) is 74.2 Å². The zero-order chi connectivity index (χ0) is 30.7. The lowest BCUT2D eigenvalue weighted by Crippen LogP contribution is -2.44. The van der Waals surface area contributed by atoms with Crippen LogP contribution >= 0.6 is 0 Å².